The molecular weight excluding hydrogens is 246 g/mol. The fourth-order valence-electron chi connectivity index (χ4n) is 2.62. The van der Waals surface area contributed by atoms with Gasteiger partial charge in [-0.3, -0.25) is 0 Å². The molecule has 19 heavy (non-hydrogen) atoms. The fraction of sp³-hybridized carbons (Fsp3) is 0.643. The zero-order valence-electron chi connectivity index (χ0n) is 11.2. The molecule has 1 saturated carbocycles. The molecular formula is C14H21NO4. The van der Waals surface area contributed by atoms with Gasteiger partial charge in [0.2, 0.25) is 5.76 Å². The Labute approximate surface area is 112 Å². The van der Waals surface area contributed by atoms with Crippen molar-refractivity contribution in [3.05, 3.63) is 23.2 Å². The van der Waals surface area contributed by atoms with Gasteiger partial charge in [0, 0.05) is 18.7 Å². The predicted molar refractivity (Wildman–Crippen MR) is 70.1 cm³/mol. The van der Waals surface area contributed by atoms with E-state index in [4.69, 9.17) is 9.52 Å². The van der Waals surface area contributed by atoms with Gasteiger partial charge in [-0.05, 0) is 25.8 Å². The Balaban J connectivity index is 1.87. The second kappa shape index (κ2) is 5.75. The maximum absolute atomic E-state index is 10.8. The summed E-state index contributed by atoms with van der Waals surface area (Å²) >= 11 is 0. The van der Waals surface area contributed by atoms with Gasteiger partial charge in [0.05, 0.1) is 5.60 Å². The van der Waals surface area contributed by atoms with E-state index >= 15 is 0 Å². The van der Waals surface area contributed by atoms with Crippen molar-refractivity contribution < 1.29 is 19.4 Å². The first-order valence-corrected chi connectivity index (χ1v) is 6.76. The minimum Gasteiger partial charge on any atom is -0.475 e. The standard InChI is InChI=1S/C14H21NO4/c1-10-11(7-12(19-10)13(16)17)8-15-9-14(18)5-3-2-4-6-14/h7,15,18H,2-6,8-9H2,1H3,(H,16,17). The summed E-state index contributed by atoms with van der Waals surface area (Å²) in [6.07, 6.45) is 5.03. The lowest BCUT2D eigenvalue weighted by molar-refractivity contribution is 0.00464. The number of nitrogens with one attached hydrogen (secondary N) is 1. The highest BCUT2D eigenvalue weighted by Crippen LogP contribution is 2.27. The normalized spacial score (nSPS) is 18.4. The highest BCUT2D eigenvalue weighted by molar-refractivity contribution is 5.84. The average Bonchev–Trinajstić information content (AvgIpc) is 2.72. The van der Waals surface area contributed by atoms with Gasteiger partial charge in [-0.1, -0.05) is 19.3 Å². The molecule has 0 saturated heterocycles. The second-order valence-electron chi connectivity index (χ2n) is 5.39. The van der Waals surface area contributed by atoms with E-state index in [0.29, 0.717) is 18.8 Å². The van der Waals surface area contributed by atoms with Gasteiger partial charge >= 0.3 is 5.97 Å². The summed E-state index contributed by atoms with van der Waals surface area (Å²) in [6.45, 7) is 2.81. The third-order valence-corrected chi connectivity index (χ3v) is 3.79. The average molecular weight is 267 g/mol. The maximum Gasteiger partial charge on any atom is 0.371 e. The first-order chi connectivity index (χ1) is 9.00. The molecule has 0 spiro atoms. The summed E-state index contributed by atoms with van der Waals surface area (Å²) in [5.41, 5.74) is 0.225. The molecule has 0 atom stereocenters. The van der Waals surface area contributed by atoms with E-state index in [-0.39, 0.29) is 5.76 Å². The van der Waals surface area contributed by atoms with Crippen LogP contribution in [0.5, 0.6) is 0 Å². The topological polar surface area (TPSA) is 82.7 Å². The molecule has 1 heterocycles. The Morgan fingerprint density at radius 1 is 1.42 bits per heavy atom. The van der Waals surface area contributed by atoms with Crippen LogP contribution in [0.1, 0.15) is 54.0 Å². The van der Waals surface area contributed by atoms with E-state index in [2.05, 4.69) is 5.32 Å². The van der Waals surface area contributed by atoms with Crippen LogP contribution < -0.4 is 5.32 Å². The molecule has 0 amide bonds. The van der Waals surface area contributed by atoms with Crippen molar-refractivity contribution in [3.8, 4) is 0 Å². The van der Waals surface area contributed by atoms with Crippen LogP contribution in [0.3, 0.4) is 0 Å². The van der Waals surface area contributed by atoms with Gasteiger partial charge in [0.15, 0.2) is 0 Å². The van der Waals surface area contributed by atoms with Crippen molar-refractivity contribution in [1.82, 2.24) is 5.32 Å². The Hall–Kier alpha value is -1.33. The lowest BCUT2D eigenvalue weighted by Gasteiger charge is -2.32. The molecule has 2 rings (SSSR count). The van der Waals surface area contributed by atoms with Gasteiger partial charge in [0.1, 0.15) is 5.76 Å². The number of aromatic carboxylic acids is 1. The van der Waals surface area contributed by atoms with Crippen LogP contribution >= 0.6 is 0 Å². The molecule has 1 fully saturated rings. The molecule has 3 N–H and O–H groups in total. The second-order valence-corrected chi connectivity index (χ2v) is 5.39. The molecule has 5 heteroatoms. The minimum atomic E-state index is -1.06. The molecule has 1 aliphatic carbocycles. The smallest absolute Gasteiger partial charge is 0.371 e. The number of furan rings is 1. The Morgan fingerprint density at radius 2 is 2.11 bits per heavy atom. The summed E-state index contributed by atoms with van der Waals surface area (Å²) in [5, 5.41) is 22.4. The molecule has 5 nitrogen and oxygen atoms in total. The van der Waals surface area contributed by atoms with Crippen LogP contribution in [-0.4, -0.2) is 28.3 Å². The third kappa shape index (κ3) is 3.58. The first kappa shape index (κ1) is 14.1. The highest BCUT2D eigenvalue weighted by Gasteiger charge is 2.28. The van der Waals surface area contributed by atoms with Crippen LogP contribution in [0.2, 0.25) is 0 Å². The van der Waals surface area contributed by atoms with Crippen molar-refractivity contribution in [2.24, 2.45) is 0 Å². The predicted octanol–water partition coefficient (Wildman–Crippen LogP) is 2.07. The lowest BCUT2D eigenvalue weighted by Crippen LogP contribution is -2.41. The summed E-state index contributed by atoms with van der Waals surface area (Å²) in [5.74, 6) is -0.480. The Bertz CT molecular complexity index is 446. The number of aryl methyl sites for hydroxylation is 1. The van der Waals surface area contributed by atoms with Crippen molar-refractivity contribution in [2.75, 3.05) is 6.54 Å². The van der Waals surface area contributed by atoms with E-state index in [1.54, 1.807) is 6.92 Å². The summed E-state index contributed by atoms with van der Waals surface area (Å²) in [7, 11) is 0. The Morgan fingerprint density at radius 3 is 2.68 bits per heavy atom. The zero-order chi connectivity index (χ0) is 13.9. The SMILES string of the molecule is Cc1oc(C(=O)O)cc1CNCC1(O)CCCCC1. The molecule has 0 unspecified atom stereocenters. The van der Waals surface area contributed by atoms with Crippen LogP contribution in [0, 0.1) is 6.92 Å². The van der Waals surface area contributed by atoms with E-state index in [1.807, 2.05) is 0 Å². The van der Waals surface area contributed by atoms with E-state index in [9.17, 15) is 9.90 Å². The van der Waals surface area contributed by atoms with Gasteiger partial charge in [-0.15, -0.1) is 0 Å². The molecule has 0 aromatic carbocycles. The molecule has 0 radical (unpaired) electrons. The van der Waals surface area contributed by atoms with Crippen LogP contribution in [0.4, 0.5) is 0 Å². The first-order valence-electron chi connectivity index (χ1n) is 6.76. The molecule has 1 aromatic heterocycles. The monoisotopic (exact) mass is 267 g/mol. The molecule has 106 valence electrons. The number of hydrogen-bond acceptors (Lipinski definition) is 4. The van der Waals surface area contributed by atoms with Crippen molar-refractivity contribution in [2.45, 2.75) is 51.2 Å². The van der Waals surface area contributed by atoms with Crippen LogP contribution in [-0.2, 0) is 6.54 Å². The zero-order valence-corrected chi connectivity index (χ0v) is 11.2. The summed E-state index contributed by atoms with van der Waals surface area (Å²) in [4.78, 5) is 10.8. The highest BCUT2D eigenvalue weighted by atomic mass is 16.4. The fourth-order valence-corrected chi connectivity index (χ4v) is 2.62. The van der Waals surface area contributed by atoms with Gasteiger partial charge in [-0.25, -0.2) is 4.79 Å². The molecule has 1 aromatic rings. The number of aliphatic hydroxyl groups is 1. The van der Waals surface area contributed by atoms with Gasteiger partial charge < -0.3 is 19.9 Å². The third-order valence-electron chi connectivity index (χ3n) is 3.79. The van der Waals surface area contributed by atoms with Crippen LogP contribution in [0.15, 0.2) is 10.5 Å². The largest absolute Gasteiger partial charge is 0.475 e. The van der Waals surface area contributed by atoms with Gasteiger partial charge in [0.25, 0.3) is 0 Å². The minimum absolute atomic E-state index is 0.0364. The van der Waals surface area contributed by atoms with E-state index in [0.717, 1.165) is 31.2 Å². The van der Waals surface area contributed by atoms with E-state index < -0.39 is 11.6 Å². The Kier molecular flexibility index (Phi) is 4.27. The summed E-state index contributed by atoms with van der Waals surface area (Å²) < 4.78 is 5.14. The molecule has 1 aliphatic rings. The molecule has 0 aliphatic heterocycles. The van der Waals surface area contributed by atoms with E-state index in [1.165, 1.54) is 12.5 Å². The number of carbonyl (C=O) groups is 1. The number of rotatable bonds is 5. The maximum atomic E-state index is 10.8. The van der Waals surface area contributed by atoms with Crippen molar-refractivity contribution >= 4 is 5.97 Å². The van der Waals surface area contributed by atoms with Gasteiger partial charge in [-0.2, -0.15) is 0 Å². The van der Waals surface area contributed by atoms with Crippen LogP contribution in [0.25, 0.3) is 0 Å². The summed E-state index contributed by atoms with van der Waals surface area (Å²) in [6, 6.07) is 1.54. The van der Waals surface area contributed by atoms with Crippen molar-refractivity contribution in [1.29, 1.82) is 0 Å². The number of carboxylic acids is 1. The number of hydrogen-bond donors (Lipinski definition) is 3. The lowest BCUT2D eigenvalue weighted by atomic mass is 9.85. The van der Waals surface area contributed by atoms with Crippen molar-refractivity contribution in [3.63, 3.8) is 0 Å². The molecule has 0 bridgehead atoms. The number of carboxylic acid groups (broad SMARTS) is 1. The quantitative estimate of drug-likeness (QED) is 0.760.